The molecular weight excluding hydrogens is 242 g/mol. The van der Waals surface area contributed by atoms with E-state index in [2.05, 4.69) is 22.1 Å². The molecule has 2 rings (SSSR count). The van der Waals surface area contributed by atoms with Crippen molar-refractivity contribution in [3.8, 4) is 0 Å². The number of pyridine rings is 1. The highest BCUT2D eigenvalue weighted by atomic mass is 16.3. The van der Waals surface area contributed by atoms with Gasteiger partial charge >= 0.3 is 0 Å². The number of likely N-dealkylation sites (tertiary alicyclic amines) is 1. The molecule has 0 bridgehead atoms. The average molecular weight is 263 g/mol. The van der Waals surface area contributed by atoms with Gasteiger partial charge in [0.25, 0.3) is 0 Å². The van der Waals surface area contributed by atoms with Gasteiger partial charge in [0.1, 0.15) is 0 Å². The Kier molecular flexibility index (Phi) is 4.87. The minimum Gasteiger partial charge on any atom is -0.392 e. The molecule has 1 aliphatic heterocycles. The SMILES string of the molecule is CC1CCN(CC(=O)Nc2cnccc2CO)CC1. The van der Waals surface area contributed by atoms with E-state index in [0.717, 1.165) is 31.8 Å². The molecule has 1 aromatic rings. The van der Waals surface area contributed by atoms with Gasteiger partial charge in [-0.3, -0.25) is 14.7 Å². The summed E-state index contributed by atoms with van der Waals surface area (Å²) in [6.45, 7) is 4.52. The van der Waals surface area contributed by atoms with Gasteiger partial charge < -0.3 is 10.4 Å². The first-order valence-electron chi connectivity index (χ1n) is 6.75. The maximum Gasteiger partial charge on any atom is 0.238 e. The second-order valence-corrected chi connectivity index (χ2v) is 5.20. The molecule has 0 aliphatic carbocycles. The highest BCUT2D eigenvalue weighted by Gasteiger charge is 2.18. The predicted molar refractivity (Wildman–Crippen MR) is 73.6 cm³/mol. The van der Waals surface area contributed by atoms with Crippen LogP contribution in [0, 0.1) is 5.92 Å². The van der Waals surface area contributed by atoms with E-state index in [1.54, 1.807) is 18.5 Å². The fourth-order valence-electron chi connectivity index (χ4n) is 2.29. The van der Waals surface area contributed by atoms with Crippen molar-refractivity contribution in [2.24, 2.45) is 5.92 Å². The summed E-state index contributed by atoms with van der Waals surface area (Å²) in [5.41, 5.74) is 1.29. The Morgan fingerprint density at radius 3 is 2.95 bits per heavy atom. The third kappa shape index (κ3) is 4.01. The Morgan fingerprint density at radius 2 is 2.26 bits per heavy atom. The van der Waals surface area contributed by atoms with Crippen molar-refractivity contribution in [2.75, 3.05) is 25.0 Å². The van der Waals surface area contributed by atoms with E-state index in [9.17, 15) is 9.90 Å². The highest BCUT2D eigenvalue weighted by molar-refractivity contribution is 5.92. The lowest BCUT2D eigenvalue weighted by Crippen LogP contribution is -2.38. The van der Waals surface area contributed by atoms with Crippen molar-refractivity contribution in [1.29, 1.82) is 0 Å². The molecule has 0 atom stereocenters. The normalized spacial score (nSPS) is 17.4. The van der Waals surface area contributed by atoms with Crippen molar-refractivity contribution >= 4 is 11.6 Å². The molecule has 1 saturated heterocycles. The number of nitrogens with zero attached hydrogens (tertiary/aromatic N) is 2. The predicted octanol–water partition coefficient (Wildman–Crippen LogP) is 1.24. The van der Waals surface area contributed by atoms with E-state index in [1.165, 1.54) is 0 Å². The number of carbonyl (C=O) groups is 1. The number of aromatic nitrogens is 1. The maximum absolute atomic E-state index is 12.0. The van der Waals surface area contributed by atoms with Crippen LogP contribution in [-0.4, -0.2) is 40.5 Å². The van der Waals surface area contributed by atoms with Crippen LogP contribution in [0.4, 0.5) is 5.69 Å². The third-order valence-corrected chi connectivity index (χ3v) is 3.60. The van der Waals surface area contributed by atoms with Gasteiger partial charge in [0.15, 0.2) is 0 Å². The van der Waals surface area contributed by atoms with Gasteiger partial charge in [0.05, 0.1) is 25.0 Å². The second-order valence-electron chi connectivity index (χ2n) is 5.20. The number of hydrogen-bond donors (Lipinski definition) is 2. The van der Waals surface area contributed by atoms with Crippen LogP contribution in [0.2, 0.25) is 0 Å². The number of aliphatic hydroxyl groups is 1. The number of aliphatic hydroxyl groups excluding tert-OH is 1. The summed E-state index contributed by atoms with van der Waals surface area (Å²) in [4.78, 5) is 18.1. The summed E-state index contributed by atoms with van der Waals surface area (Å²) in [6, 6.07) is 1.71. The summed E-state index contributed by atoms with van der Waals surface area (Å²) in [7, 11) is 0. The molecular formula is C14H21N3O2. The molecule has 5 heteroatoms. The van der Waals surface area contributed by atoms with Crippen molar-refractivity contribution < 1.29 is 9.90 Å². The maximum atomic E-state index is 12.0. The number of hydrogen-bond acceptors (Lipinski definition) is 4. The van der Waals surface area contributed by atoms with Crippen molar-refractivity contribution in [1.82, 2.24) is 9.88 Å². The van der Waals surface area contributed by atoms with E-state index in [4.69, 9.17) is 0 Å². The third-order valence-electron chi connectivity index (χ3n) is 3.60. The zero-order valence-corrected chi connectivity index (χ0v) is 11.3. The number of amides is 1. The van der Waals surface area contributed by atoms with Gasteiger partial charge in [0, 0.05) is 11.8 Å². The van der Waals surface area contributed by atoms with Gasteiger partial charge in [-0.2, -0.15) is 0 Å². The molecule has 1 aromatic heterocycles. The highest BCUT2D eigenvalue weighted by Crippen LogP contribution is 2.16. The Hall–Kier alpha value is -1.46. The summed E-state index contributed by atoms with van der Waals surface area (Å²) in [6.07, 6.45) is 5.49. The van der Waals surface area contributed by atoms with E-state index < -0.39 is 0 Å². The molecule has 2 N–H and O–H groups in total. The van der Waals surface area contributed by atoms with Crippen molar-refractivity contribution in [3.05, 3.63) is 24.0 Å². The number of anilines is 1. The van der Waals surface area contributed by atoms with Crippen LogP contribution in [0.15, 0.2) is 18.5 Å². The smallest absolute Gasteiger partial charge is 0.238 e. The molecule has 104 valence electrons. The largest absolute Gasteiger partial charge is 0.392 e. The minimum absolute atomic E-state index is 0.0442. The average Bonchev–Trinajstić information content (AvgIpc) is 2.42. The Labute approximate surface area is 113 Å². The summed E-state index contributed by atoms with van der Waals surface area (Å²) < 4.78 is 0. The quantitative estimate of drug-likeness (QED) is 0.858. The molecule has 1 amide bonds. The van der Waals surface area contributed by atoms with Gasteiger partial charge in [-0.1, -0.05) is 6.92 Å². The first-order valence-corrected chi connectivity index (χ1v) is 6.75. The summed E-state index contributed by atoms with van der Waals surface area (Å²) in [5.74, 6) is 0.718. The van der Waals surface area contributed by atoms with Gasteiger partial charge in [-0.15, -0.1) is 0 Å². The van der Waals surface area contributed by atoms with E-state index in [0.29, 0.717) is 17.8 Å². The van der Waals surface area contributed by atoms with Crippen LogP contribution in [-0.2, 0) is 11.4 Å². The van der Waals surface area contributed by atoms with E-state index >= 15 is 0 Å². The molecule has 1 aliphatic rings. The van der Waals surface area contributed by atoms with Crippen molar-refractivity contribution in [3.63, 3.8) is 0 Å². The lowest BCUT2D eigenvalue weighted by atomic mass is 9.99. The standard InChI is InChI=1S/C14H21N3O2/c1-11-3-6-17(7-4-11)9-14(19)16-13-8-15-5-2-12(13)10-18/h2,5,8,11,18H,3-4,6-7,9-10H2,1H3,(H,16,19). The summed E-state index contributed by atoms with van der Waals surface area (Å²) >= 11 is 0. The monoisotopic (exact) mass is 263 g/mol. The first kappa shape index (κ1) is 14.0. The molecule has 2 heterocycles. The van der Waals surface area contributed by atoms with Crippen LogP contribution in [0.3, 0.4) is 0 Å². The number of rotatable bonds is 4. The van der Waals surface area contributed by atoms with Crippen LogP contribution in [0.1, 0.15) is 25.3 Å². The van der Waals surface area contributed by atoms with Crippen molar-refractivity contribution in [2.45, 2.75) is 26.4 Å². The minimum atomic E-state index is -0.0979. The molecule has 19 heavy (non-hydrogen) atoms. The fourth-order valence-corrected chi connectivity index (χ4v) is 2.29. The lowest BCUT2D eigenvalue weighted by molar-refractivity contribution is -0.117. The van der Waals surface area contributed by atoms with Crippen LogP contribution in [0.25, 0.3) is 0 Å². The van der Waals surface area contributed by atoms with Crippen LogP contribution in [0.5, 0.6) is 0 Å². The Balaban J connectivity index is 1.87. The van der Waals surface area contributed by atoms with Crippen LogP contribution < -0.4 is 5.32 Å². The zero-order chi connectivity index (χ0) is 13.7. The van der Waals surface area contributed by atoms with Gasteiger partial charge in [-0.05, 0) is 37.9 Å². The van der Waals surface area contributed by atoms with Crippen LogP contribution >= 0.6 is 0 Å². The van der Waals surface area contributed by atoms with E-state index in [1.807, 2.05) is 0 Å². The molecule has 0 spiro atoms. The van der Waals surface area contributed by atoms with E-state index in [-0.39, 0.29) is 12.5 Å². The van der Waals surface area contributed by atoms with Gasteiger partial charge in [-0.25, -0.2) is 0 Å². The topological polar surface area (TPSA) is 65.5 Å². The first-order chi connectivity index (χ1) is 9.19. The fraction of sp³-hybridized carbons (Fsp3) is 0.571. The zero-order valence-electron chi connectivity index (χ0n) is 11.3. The Morgan fingerprint density at radius 1 is 1.53 bits per heavy atom. The molecule has 0 saturated carbocycles. The second kappa shape index (κ2) is 6.63. The molecule has 0 radical (unpaired) electrons. The Bertz CT molecular complexity index is 428. The lowest BCUT2D eigenvalue weighted by Gasteiger charge is -2.29. The molecule has 5 nitrogen and oxygen atoms in total. The number of piperidine rings is 1. The molecule has 1 fully saturated rings. The summed E-state index contributed by atoms with van der Waals surface area (Å²) in [5, 5.41) is 12.0. The molecule has 0 aromatic carbocycles. The number of nitrogens with one attached hydrogen (secondary N) is 1. The van der Waals surface area contributed by atoms with Gasteiger partial charge in [0.2, 0.25) is 5.91 Å². The molecule has 0 unspecified atom stereocenters. The number of carbonyl (C=O) groups excluding carboxylic acids is 1.